The Hall–Kier alpha value is -2.68. The highest BCUT2D eigenvalue weighted by molar-refractivity contribution is 6.08. The van der Waals surface area contributed by atoms with Gasteiger partial charge >= 0.3 is 0 Å². The van der Waals surface area contributed by atoms with Gasteiger partial charge in [-0.3, -0.25) is 0 Å². The van der Waals surface area contributed by atoms with E-state index in [-0.39, 0.29) is 11.5 Å². The molecule has 0 saturated heterocycles. The number of fused-ring (bicyclic) bond motifs is 3. The molecule has 156 valence electrons. The average Bonchev–Trinajstić information content (AvgIpc) is 3.19. The molecule has 0 spiro atoms. The molecule has 4 aromatic rings. The number of hydrogen-bond donors (Lipinski definition) is 0. The Morgan fingerprint density at radius 1 is 1.00 bits per heavy atom. The van der Waals surface area contributed by atoms with Crippen molar-refractivity contribution in [3.05, 3.63) is 58.9 Å². The van der Waals surface area contributed by atoms with Crippen LogP contribution in [0.25, 0.3) is 33.3 Å². The van der Waals surface area contributed by atoms with Crippen LogP contribution in [0.2, 0.25) is 0 Å². The third kappa shape index (κ3) is 3.30. The van der Waals surface area contributed by atoms with Crippen LogP contribution in [0, 0.1) is 6.92 Å². The maximum absolute atomic E-state index is 8.89. The van der Waals surface area contributed by atoms with E-state index < -0.39 is 37.9 Å². The highest BCUT2D eigenvalue weighted by Crippen LogP contribution is 2.38. The fraction of sp³-hybridized carbons (Fsp3) is 0.407. The van der Waals surface area contributed by atoms with Gasteiger partial charge in [-0.2, -0.15) is 0 Å². The van der Waals surface area contributed by atoms with E-state index in [9.17, 15) is 0 Å². The molecular formula is C27H33N2O+. The number of nitrogens with zero attached hydrogens (tertiary/aromatic N) is 2. The first-order valence-electron chi connectivity index (χ1n) is 15.4. The molecule has 3 aromatic heterocycles. The summed E-state index contributed by atoms with van der Waals surface area (Å²) >= 11 is 0. The molecule has 3 nitrogen and oxygen atoms in total. The maximum Gasteiger partial charge on any atom is 0.227 e. The van der Waals surface area contributed by atoms with E-state index in [0.29, 0.717) is 22.6 Å². The first kappa shape index (κ1) is 11.1. The summed E-state index contributed by atoms with van der Waals surface area (Å²) in [5, 5.41) is 1.52. The van der Waals surface area contributed by atoms with Crippen LogP contribution < -0.4 is 4.57 Å². The summed E-state index contributed by atoms with van der Waals surface area (Å²) < 4.78 is 97.9. The van der Waals surface area contributed by atoms with Crippen molar-refractivity contribution in [3.8, 4) is 11.3 Å². The first-order chi connectivity index (χ1) is 18.5. The predicted octanol–water partition coefficient (Wildman–Crippen LogP) is 7.15. The Morgan fingerprint density at radius 2 is 1.73 bits per heavy atom. The summed E-state index contributed by atoms with van der Waals surface area (Å²) in [6.07, 6.45) is 1.16. The fourth-order valence-corrected chi connectivity index (χ4v) is 3.88. The lowest BCUT2D eigenvalue weighted by Crippen LogP contribution is -2.32. The quantitative estimate of drug-likeness (QED) is 0.333. The molecule has 3 heterocycles. The van der Waals surface area contributed by atoms with Gasteiger partial charge in [0.25, 0.3) is 0 Å². The van der Waals surface area contributed by atoms with Crippen molar-refractivity contribution in [1.29, 1.82) is 0 Å². The molecule has 0 aliphatic rings. The molecule has 0 amide bonds. The van der Waals surface area contributed by atoms with Crippen molar-refractivity contribution in [2.45, 2.75) is 66.0 Å². The summed E-state index contributed by atoms with van der Waals surface area (Å²) in [6.45, 7) is -2.80. The normalized spacial score (nSPS) is 21.2. The van der Waals surface area contributed by atoms with Gasteiger partial charge < -0.3 is 4.42 Å². The highest BCUT2D eigenvalue weighted by Gasteiger charge is 2.24. The third-order valence-corrected chi connectivity index (χ3v) is 5.53. The van der Waals surface area contributed by atoms with Gasteiger partial charge in [-0.1, -0.05) is 53.5 Å². The number of aromatic nitrogens is 2. The van der Waals surface area contributed by atoms with Crippen LogP contribution in [0.5, 0.6) is 0 Å². The fourth-order valence-electron chi connectivity index (χ4n) is 3.88. The number of benzene rings is 1. The Morgan fingerprint density at radius 3 is 2.43 bits per heavy atom. The van der Waals surface area contributed by atoms with Crippen LogP contribution in [-0.4, -0.2) is 4.98 Å². The number of furan rings is 1. The van der Waals surface area contributed by atoms with Crippen LogP contribution in [-0.2, 0) is 7.05 Å². The zero-order chi connectivity index (χ0) is 31.1. The monoisotopic (exact) mass is 412 g/mol. The molecule has 0 N–H and O–H groups in total. The molecule has 0 aliphatic carbocycles. The number of hydrogen-bond acceptors (Lipinski definition) is 2. The Balaban J connectivity index is 2.16. The molecule has 4 rings (SSSR count). The lowest BCUT2D eigenvalue weighted by atomic mass is 9.90. The van der Waals surface area contributed by atoms with Gasteiger partial charge in [-0.15, -0.1) is 0 Å². The van der Waals surface area contributed by atoms with Crippen LogP contribution in [0.1, 0.15) is 96.5 Å². The zero-order valence-electron chi connectivity index (χ0n) is 28.8. The molecule has 0 bridgehead atoms. The SMILES string of the molecule is [2H]C([2H])([2H])C([2H])(C)c1cc(-c2c(C)ccc3c2oc2nc(C(C)C)ccc23)[n+](C)cc1C([2H])(C([2H])([2H])[2H])C([2H])([2H])[2H]. The average molecular weight is 413 g/mol. The van der Waals surface area contributed by atoms with E-state index in [1.807, 2.05) is 45.0 Å². The Kier molecular flexibility index (Phi) is 2.78. The van der Waals surface area contributed by atoms with E-state index in [1.54, 1.807) is 7.05 Å². The summed E-state index contributed by atoms with van der Waals surface area (Å²) in [6, 6.07) is 8.92. The van der Waals surface area contributed by atoms with E-state index in [4.69, 9.17) is 19.5 Å². The third-order valence-electron chi connectivity index (χ3n) is 5.53. The molecule has 0 saturated carbocycles. The van der Waals surface area contributed by atoms with Gasteiger partial charge in [-0.05, 0) is 47.9 Å². The molecule has 1 atom stereocenters. The van der Waals surface area contributed by atoms with Crippen LogP contribution in [0.4, 0.5) is 0 Å². The Labute approximate surface area is 195 Å². The van der Waals surface area contributed by atoms with Crippen molar-refractivity contribution in [1.82, 2.24) is 4.98 Å². The smallest absolute Gasteiger partial charge is 0.227 e. The summed E-state index contributed by atoms with van der Waals surface area (Å²) in [5.41, 5.74) is 2.39. The van der Waals surface area contributed by atoms with Crippen molar-refractivity contribution in [2.75, 3.05) is 0 Å². The van der Waals surface area contributed by atoms with Crippen molar-refractivity contribution in [3.63, 3.8) is 0 Å². The number of aryl methyl sites for hydroxylation is 2. The Bertz CT molecular complexity index is 1630. The lowest BCUT2D eigenvalue weighted by molar-refractivity contribution is -0.660. The van der Waals surface area contributed by atoms with Gasteiger partial charge in [0, 0.05) is 43.2 Å². The van der Waals surface area contributed by atoms with E-state index in [0.717, 1.165) is 35.2 Å². The maximum atomic E-state index is 8.89. The molecule has 0 fully saturated rings. The number of rotatable bonds is 4. The highest BCUT2D eigenvalue weighted by atomic mass is 16.3. The van der Waals surface area contributed by atoms with Crippen molar-refractivity contribution >= 4 is 22.1 Å². The first-order valence-corrected chi connectivity index (χ1v) is 9.92. The molecule has 0 radical (unpaired) electrons. The minimum atomic E-state index is -3.37. The summed E-state index contributed by atoms with van der Waals surface area (Å²) in [7, 11) is 1.55. The topological polar surface area (TPSA) is 29.9 Å². The second-order valence-corrected chi connectivity index (χ2v) is 8.08. The molecule has 1 unspecified atom stereocenters. The minimum Gasteiger partial charge on any atom is -0.437 e. The second-order valence-electron chi connectivity index (χ2n) is 8.08. The van der Waals surface area contributed by atoms with Crippen molar-refractivity contribution < 1.29 is 24.1 Å². The minimum absolute atomic E-state index is 0.165. The molecule has 30 heavy (non-hydrogen) atoms. The summed E-state index contributed by atoms with van der Waals surface area (Å²) in [5.74, 6) is -5.51. The van der Waals surface area contributed by atoms with Gasteiger partial charge in [0.15, 0.2) is 11.8 Å². The van der Waals surface area contributed by atoms with Crippen molar-refractivity contribution in [2.24, 2.45) is 7.05 Å². The van der Waals surface area contributed by atoms with Gasteiger partial charge in [0.05, 0.1) is 5.56 Å². The molecular weight excluding hydrogens is 368 g/mol. The van der Waals surface area contributed by atoms with Gasteiger partial charge in [0.1, 0.15) is 7.05 Å². The summed E-state index contributed by atoms with van der Waals surface area (Å²) in [4.78, 5) is 4.66. The molecule has 0 aliphatic heterocycles. The molecule has 3 heteroatoms. The lowest BCUT2D eigenvalue weighted by Gasteiger charge is -2.16. The van der Waals surface area contributed by atoms with Crippen LogP contribution in [0.3, 0.4) is 0 Å². The largest absolute Gasteiger partial charge is 0.437 e. The zero-order valence-corrected chi connectivity index (χ0v) is 17.8. The predicted molar refractivity (Wildman–Crippen MR) is 125 cm³/mol. The van der Waals surface area contributed by atoms with E-state index in [2.05, 4.69) is 4.98 Å². The van der Waals surface area contributed by atoms with Crippen LogP contribution in [0.15, 0.2) is 40.9 Å². The van der Waals surface area contributed by atoms with E-state index >= 15 is 0 Å². The number of pyridine rings is 2. The molecule has 1 aromatic carbocycles. The van der Waals surface area contributed by atoms with E-state index in [1.165, 1.54) is 10.6 Å². The van der Waals surface area contributed by atoms with Gasteiger partial charge in [-0.25, -0.2) is 9.55 Å². The second kappa shape index (κ2) is 7.54. The standard InChI is InChI=1S/C27H33N2O/c1-15(2)21-13-24(29(8)14-22(21)16(3)4)25-18(7)9-10-19-20-11-12-23(17(5)6)28-27(20)30-26(19)25/h9-17H,1-8H3/q+1/i1D3,3D3,4D3,15D,16D. The van der Waals surface area contributed by atoms with Crippen LogP contribution >= 0.6 is 0 Å². The van der Waals surface area contributed by atoms with Gasteiger partial charge in [0.2, 0.25) is 11.4 Å².